The van der Waals surface area contributed by atoms with Gasteiger partial charge in [0, 0.05) is 51.6 Å². The highest BCUT2D eigenvalue weighted by Crippen LogP contribution is 2.53. The molecule has 6 aliphatic heterocycles. The minimum absolute atomic E-state index is 0.00425. The van der Waals surface area contributed by atoms with Gasteiger partial charge >= 0.3 is 0 Å². The van der Waals surface area contributed by atoms with Crippen LogP contribution in [-0.4, -0.2) is 105 Å². The van der Waals surface area contributed by atoms with Gasteiger partial charge in [0.2, 0.25) is 0 Å². The summed E-state index contributed by atoms with van der Waals surface area (Å²) in [7, 11) is -2.28. The molecule has 0 aliphatic carbocycles. The molecule has 0 spiro atoms. The summed E-state index contributed by atoms with van der Waals surface area (Å²) < 4.78 is 77.3. The minimum Gasteiger partial charge on any atom is -0.492 e. The van der Waals surface area contributed by atoms with Gasteiger partial charge in [0.25, 0.3) is 0 Å². The predicted octanol–water partition coefficient (Wildman–Crippen LogP) is 13.2. The van der Waals surface area contributed by atoms with Crippen molar-refractivity contribution >= 4 is 8.32 Å². The van der Waals surface area contributed by atoms with Crippen LogP contribution in [0.15, 0.2) is 133 Å². The van der Waals surface area contributed by atoms with Crippen molar-refractivity contribution < 1.29 is 51.8 Å². The van der Waals surface area contributed by atoms with Crippen LogP contribution in [0, 0.1) is 0 Å². The Kier molecular flexibility index (Phi) is 17.4. The van der Waals surface area contributed by atoms with Crippen molar-refractivity contribution in [1.82, 2.24) is 0 Å². The van der Waals surface area contributed by atoms with Gasteiger partial charge < -0.3 is 51.8 Å². The maximum atomic E-state index is 7.53. The molecule has 0 bridgehead atoms. The Morgan fingerprint density at radius 2 is 1.12 bits per heavy atom. The Labute approximate surface area is 461 Å². The quantitative estimate of drug-likeness (QED) is 0.0625. The van der Waals surface area contributed by atoms with E-state index < -0.39 is 30.7 Å². The van der Waals surface area contributed by atoms with Gasteiger partial charge in [-0.05, 0) is 87.0 Å². The molecule has 5 saturated heterocycles. The van der Waals surface area contributed by atoms with Gasteiger partial charge in [0.05, 0.1) is 98.8 Å². The van der Waals surface area contributed by atoms with Crippen LogP contribution in [0.5, 0.6) is 0 Å². The molecule has 6 aliphatic rings. The monoisotopic (exact) mass is 1070 g/mol. The third-order valence-electron chi connectivity index (χ3n) is 18.2. The summed E-state index contributed by atoms with van der Waals surface area (Å²) in [5.74, 6) is 0.916. The predicted molar refractivity (Wildman–Crippen MR) is 301 cm³/mol. The lowest BCUT2D eigenvalue weighted by molar-refractivity contribution is -0.346. The van der Waals surface area contributed by atoms with Crippen molar-refractivity contribution in [2.24, 2.45) is 0 Å². The van der Waals surface area contributed by atoms with Gasteiger partial charge in [0.1, 0.15) is 23.4 Å². The van der Waals surface area contributed by atoms with Gasteiger partial charge in [0.15, 0.2) is 8.32 Å². The fourth-order valence-corrected chi connectivity index (χ4v) is 14.1. The molecular formula is C65H88O11Si. The molecule has 14 atom stereocenters. The number of ether oxygens (including phenoxy) is 10. The van der Waals surface area contributed by atoms with E-state index in [-0.39, 0.29) is 66.1 Å². The second kappa shape index (κ2) is 23.8. The minimum atomic E-state index is -2.28. The summed E-state index contributed by atoms with van der Waals surface area (Å²) in [6.07, 6.45) is 6.64. The number of rotatable bonds is 20. The average Bonchev–Trinajstić information content (AvgIpc) is 3.50. The van der Waals surface area contributed by atoms with Crippen LogP contribution in [0.4, 0.5) is 0 Å². The molecule has 418 valence electrons. The molecule has 0 saturated carbocycles. The molecule has 0 amide bonds. The van der Waals surface area contributed by atoms with E-state index in [1.165, 1.54) is 5.56 Å². The van der Waals surface area contributed by atoms with Crippen LogP contribution in [0.2, 0.25) is 18.1 Å². The lowest BCUT2D eigenvalue weighted by atomic mass is 9.72. The van der Waals surface area contributed by atoms with Crippen molar-refractivity contribution in [2.45, 2.75) is 234 Å². The fourth-order valence-electron chi connectivity index (χ4n) is 12.8. The van der Waals surface area contributed by atoms with Crippen LogP contribution >= 0.6 is 0 Å². The van der Waals surface area contributed by atoms with Crippen molar-refractivity contribution in [3.63, 3.8) is 0 Å². The van der Waals surface area contributed by atoms with Gasteiger partial charge in [-0.25, -0.2) is 0 Å². The lowest BCUT2D eigenvalue weighted by Gasteiger charge is -2.60. The maximum absolute atomic E-state index is 7.53. The number of benzene rings is 4. The van der Waals surface area contributed by atoms with Crippen LogP contribution in [0.3, 0.4) is 0 Å². The molecule has 6 heterocycles. The van der Waals surface area contributed by atoms with Gasteiger partial charge in [-0.1, -0.05) is 142 Å². The zero-order chi connectivity index (χ0) is 53.9. The molecule has 10 rings (SSSR count). The first kappa shape index (κ1) is 56.5. The summed E-state index contributed by atoms with van der Waals surface area (Å²) in [6.45, 7) is 23.6. The Morgan fingerprint density at radius 3 is 1.71 bits per heavy atom. The van der Waals surface area contributed by atoms with Gasteiger partial charge in [-0.2, -0.15) is 0 Å². The SMILES string of the molecule is CC(C)(C)[Si](C)(C)O[C@@H]1C[C@@H]2O[C@@H]3C[C@H](OCc4ccccc4)[C@@H](COCc4ccccc4)O[C@@]3(C)C[C@@]2(C)O[C@H]1CC1=CC[C@@]2(C)O[C@@]3(C)[C@@H](OCc4ccccc4)C[C@H](CCCOCc4ccccc4)O[C@@H]3C[C@@H]2O1. The highest BCUT2D eigenvalue weighted by molar-refractivity contribution is 6.74. The molecular weight excluding hydrogens is 985 g/mol. The Morgan fingerprint density at radius 1 is 0.571 bits per heavy atom. The van der Waals surface area contributed by atoms with Crippen molar-refractivity contribution in [2.75, 3.05) is 13.2 Å². The second-order valence-electron chi connectivity index (χ2n) is 25.4. The molecule has 0 radical (unpaired) electrons. The number of hydrogen-bond donors (Lipinski definition) is 0. The maximum Gasteiger partial charge on any atom is 0.192 e. The van der Waals surface area contributed by atoms with E-state index in [1.54, 1.807) is 0 Å². The second-order valence-corrected chi connectivity index (χ2v) is 30.2. The largest absolute Gasteiger partial charge is 0.492 e. The molecule has 11 nitrogen and oxygen atoms in total. The lowest BCUT2D eigenvalue weighted by Crippen LogP contribution is -2.70. The summed E-state index contributed by atoms with van der Waals surface area (Å²) >= 11 is 0. The normalized spacial score (nSPS) is 35.1. The molecule has 0 N–H and O–H groups in total. The molecule has 0 unspecified atom stereocenters. The Balaban J connectivity index is 0.850. The summed E-state index contributed by atoms with van der Waals surface area (Å²) in [4.78, 5) is 0. The molecule has 5 fully saturated rings. The van der Waals surface area contributed by atoms with Crippen molar-refractivity contribution in [1.29, 1.82) is 0 Å². The highest BCUT2D eigenvalue weighted by Gasteiger charge is 2.63. The summed E-state index contributed by atoms with van der Waals surface area (Å²) in [5.41, 5.74) is 1.99. The van der Waals surface area contributed by atoms with Crippen LogP contribution < -0.4 is 0 Å². The highest BCUT2D eigenvalue weighted by atomic mass is 28.4. The Hall–Kier alpha value is -3.76. The third-order valence-corrected chi connectivity index (χ3v) is 22.7. The van der Waals surface area contributed by atoms with E-state index >= 15 is 0 Å². The van der Waals surface area contributed by atoms with Gasteiger partial charge in [-0.15, -0.1) is 0 Å². The molecule has 12 heteroatoms. The van der Waals surface area contributed by atoms with Crippen LogP contribution in [0.25, 0.3) is 0 Å². The first-order valence-corrected chi connectivity index (χ1v) is 31.7. The van der Waals surface area contributed by atoms with Crippen molar-refractivity contribution in [3.05, 3.63) is 155 Å². The summed E-state index contributed by atoms with van der Waals surface area (Å²) in [5, 5.41) is -0.00731. The average molecular weight is 1070 g/mol. The first-order valence-electron chi connectivity index (χ1n) is 28.8. The number of hydrogen-bond acceptors (Lipinski definition) is 11. The van der Waals surface area contributed by atoms with Gasteiger partial charge in [-0.3, -0.25) is 0 Å². The smallest absolute Gasteiger partial charge is 0.192 e. The number of fused-ring (bicyclic) bond motifs is 4. The van der Waals surface area contributed by atoms with E-state index in [1.807, 2.05) is 36.4 Å². The van der Waals surface area contributed by atoms with Crippen LogP contribution in [-0.2, 0) is 78.2 Å². The summed E-state index contributed by atoms with van der Waals surface area (Å²) in [6, 6.07) is 41.4. The topological polar surface area (TPSA) is 102 Å². The van der Waals surface area contributed by atoms with E-state index in [0.29, 0.717) is 78.2 Å². The third kappa shape index (κ3) is 13.2. The van der Waals surface area contributed by atoms with E-state index in [2.05, 4.69) is 153 Å². The molecule has 4 aromatic carbocycles. The van der Waals surface area contributed by atoms with E-state index in [4.69, 9.17) is 51.8 Å². The molecule has 4 aromatic rings. The molecule has 0 aromatic heterocycles. The Bertz CT molecular complexity index is 2530. The fraction of sp³-hybridized carbons (Fsp3) is 0.600. The molecule has 77 heavy (non-hydrogen) atoms. The van der Waals surface area contributed by atoms with E-state index in [9.17, 15) is 0 Å². The standard InChI is InChI=1S/C65H88O11Si/c1-61(2,3)77(8,9)75-54-38-57-63(5,45-64(6)56(72-57)37-52(68-42-48-27-18-12-19-28-48)55(74-64)44-67-41-47-25-16-11-17-26-47)73-53(54)35-51-32-33-62(4)58(70-51)39-60-65(7,76-62)59(69-43-49-29-20-13-21-30-49)36-50(71-60)31-22-34-66-40-46-23-14-10-15-24-46/h10-21,23-30,32,50,52-60H,22,31,33-45H2,1-9H3/t50-,52-,53-,54+,55+,56+,57-,58-,59-,60+,62+,63+,64-,65-/m0/s1. The first-order chi connectivity index (χ1) is 36.9. The van der Waals surface area contributed by atoms with Crippen LogP contribution in [0.1, 0.15) is 129 Å². The zero-order valence-electron chi connectivity index (χ0n) is 47.5. The van der Waals surface area contributed by atoms with E-state index in [0.717, 1.165) is 41.7 Å². The van der Waals surface area contributed by atoms with Crippen molar-refractivity contribution in [3.8, 4) is 0 Å². The zero-order valence-corrected chi connectivity index (χ0v) is 48.5.